The van der Waals surface area contributed by atoms with Crippen LogP contribution in [0.1, 0.15) is 23.0 Å². The van der Waals surface area contributed by atoms with Gasteiger partial charge in [-0.15, -0.1) is 5.10 Å². The molecule has 0 aliphatic carbocycles. The van der Waals surface area contributed by atoms with Crippen molar-refractivity contribution in [2.75, 3.05) is 0 Å². The summed E-state index contributed by atoms with van der Waals surface area (Å²) < 4.78 is 1.69. The van der Waals surface area contributed by atoms with Crippen molar-refractivity contribution in [3.05, 3.63) is 41.5 Å². The summed E-state index contributed by atoms with van der Waals surface area (Å²) in [5.41, 5.74) is 5.62. The average molecular weight is 218 g/mol. The highest BCUT2D eigenvalue weighted by molar-refractivity contribution is 5.29. The lowest BCUT2D eigenvalue weighted by atomic mass is 10.0. The van der Waals surface area contributed by atoms with E-state index in [0.717, 1.165) is 17.0 Å². The molecule has 0 radical (unpaired) electrons. The molecule has 84 valence electrons. The number of hydrogen-bond acceptors (Lipinski definition) is 5. The Morgan fingerprint density at radius 2 is 2.31 bits per heavy atom. The highest BCUT2D eigenvalue weighted by Crippen LogP contribution is 2.21. The Labute approximate surface area is 93.5 Å². The van der Waals surface area contributed by atoms with Crippen molar-refractivity contribution in [3.8, 4) is 0 Å². The van der Waals surface area contributed by atoms with Gasteiger partial charge < -0.3 is 0 Å². The van der Waals surface area contributed by atoms with Crippen molar-refractivity contribution < 1.29 is 0 Å². The molecule has 6 heteroatoms. The van der Waals surface area contributed by atoms with Crippen LogP contribution in [0.15, 0.2) is 24.5 Å². The molecule has 3 N–H and O–H groups in total. The number of aromatic nitrogens is 4. The van der Waals surface area contributed by atoms with Crippen LogP contribution in [0.3, 0.4) is 0 Å². The molecule has 2 aromatic heterocycles. The summed E-state index contributed by atoms with van der Waals surface area (Å²) >= 11 is 0. The van der Waals surface area contributed by atoms with E-state index in [9.17, 15) is 0 Å². The Balaban J connectivity index is 2.45. The molecule has 16 heavy (non-hydrogen) atoms. The van der Waals surface area contributed by atoms with Gasteiger partial charge in [0.15, 0.2) is 0 Å². The van der Waals surface area contributed by atoms with Crippen LogP contribution < -0.4 is 11.3 Å². The summed E-state index contributed by atoms with van der Waals surface area (Å²) in [5, 5.41) is 7.73. The van der Waals surface area contributed by atoms with E-state index in [1.807, 2.05) is 26.1 Å². The zero-order valence-electron chi connectivity index (χ0n) is 9.25. The molecular weight excluding hydrogens is 204 g/mol. The van der Waals surface area contributed by atoms with E-state index in [0.29, 0.717) is 0 Å². The molecule has 0 fully saturated rings. The zero-order valence-corrected chi connectivity index (χ0v) is 9.25. The molecule has 0 saturated carbocycles. The molecule has 1 unspecified atom stereocenters. The molecule has 6 nitrogen and oxygen atoms in total. The van der Waals surface area contributed by atoms with Crippen molar-refractivity contribution in [1.82, 2.24) is 25.4 Å². The third-order valence-corrected chi connectivity index (χ3v) is 2.57. The minimum absolute atomic E-state index is 0.145. The molecule has 0 aliphatic heterocycles. The van der Waals surface area contributed by atoms with Gasteiger partial charge in [0.25, 0.3) is 0 Å². The summed E-state index contributed by atoms with van der Waals surface area (Å²) in [6.45, 7) is 1.95. The monoisotopic (exact) mass is 218 g/mol. The van der Waals surface area contributed by atoms with Gasteiger partial charge in [-0.2, -0.15) is 0 Å². The SMILES string of the molecule is Cc1ncccc1C(NN)c1cnnn1C. The predicted molar refractivity (Wildman–Crippen MR) is 59.1 cm³/mol. The lowest BCUT2D eigenvalue weighted by molar-refractivity contribution is 0.566. The van der Waals surface area contributed by atoms with Crippen LogP contribution in [0.25, 0.3) is 0 Å². The number of pyridine rings is 1. The normalized spacial score (nSPS) is 12.7. The van der Waals surface area contributed by atoms with E-state index < -0.39 is 0 Å². The number of rotatable bonds is 3. The Morgan fingerprint density at radius 3 is 2.88 bits per heavy atom. The minimum atomic E-state index is -0.145. The van der Waals surface area contributed by atoms with Gasteiger partial charge in [0, 0.05) is 18.9 Å². The first-order chi connectivity index (χ1) is 7.74. The van der Waals surface area contributed by atoms with E-state index in [1.54, 1.807) is 17.1 Å². The van der Waals surface area contributed by atoms with Gasteiger partial charge in [0.05, 0.1) is 17.9 Å². The third kappa shape index (κ3) is 1.80. The summed E-state index contributed by atoms with van der Waals surface area (Å²) in [7, 11) is 1.83. The van der Waals surface area contributed by atoms with Crippen LogP contribution in [0.5, 0.6) is 0 Å². The molecule has 0 aliphatic rings. The van der Waals surface area contributed by atoms with E-state index in [1.165, 1.54) is 0 Å². The largest absolute Gasteiger partial charge is 0.271 e. The second-order valence-electron chi connectivity index (χ2n) is 3.56. The van der Waals surface area contributed by atoms with Gasteiger partial charge in [-0.3, -0.25) is 15.5 Å². The summed E-state index contributed by atoms with van der Waals surface area (Å²) in [6, 6.07) is 3.73. The van der Waals surface area contributed by atoms with Crippen LogP contribution in [0.2, 0.25) is 0 Å². The highest BCUT2D eigenvalue weighted by atomic mass is 15.4. The lowest BCUT2D eigenvalue weighted by Gasteiger charge is -2.17. The Morgan fingerprint density at radius 1 is 1.50 bits per heavy atom. The second-order valence-corrected chi connectivity index (χ2v) is 3.56. The molecule has 0 spiro atoms. The molecule has 2 aromatic rings. The molecule has 0 amide bonds. The van der Waals surface area contributed by atoms with Crippen molar-refractivity contribution in [2.24, 2.45) is 12.9 Å². The standard InChI is InChI=1S/C10H14N6/c1-7-8(4-3-5-12-7)10(14-11)9-6-13-15-16(9)2/h3-6,10,14H,11H2,1-2H3. The maximum atomic E-state index is 5.59. The predicted octanol–water partition coefficient (Wildman–Crippen LogP) is 0.0712. The first-order valence-electron chi connectivity index (χ1n) is 4.96. The van der Waals surface area contributed by atoms with Crippen LogP contribution in [0.4, 0.5) is 0 Å². The molecular formula is C10H14N6. The van der Waals surface area contributed by atoms with Crippen molar-refractivity contribution in [1.29, 1.82) is 0 Å². The van der Waals surface area contributed by atoms with E-state index in [2.05, 4.69) is 20.7 Å². The maximum absolute atomic E-state index is 5.59. The van der Waals surface area contributed by atoms with Crippen molar-refractivity contribution in [3.63, 3.8) is 0 Å². The van der Waals surface area contributed by atoms with Crippen molar-refractivity contribution in [2.45, 2.75) is 13.0 Å². The van der Waals surface area contributed by atoms with Gasteiger partial charge in [-0.1, -0.05) is 11.3 Å². The van der Waals surface area contributed by atoms with Gasteiger partial charge in [0.1, 0.15) is 0 Å². The Kier molecular flexibility index (Phi) is 2.93. The topological polar surface area (TPSA) is 81.7 Å². The fraction of sp³-hybridized carbons (Fsp3) is 0.300. The highest BCUT2D eigenvalue weighted by Gasteiger charge is 2.18. The van der Waals surface area contributed by atoms with Gasteiger partial charge in [-0.25, -0.2) is 5.43 Å². The molecule has 2 rings (SSSR count). The van der Waals surface area contributed by atoms with Crippen LogP contribution in [0, 0.1) is 6.92 Å². The molecule has 0 saturated heterocycles. The Bertz CT molecular complexity index is 478. The van der Waals surface area contributed by atoms with Crippen molar-refractivity contribution >= 4 is 0 Å². The average Bonchev–Trinajstić information content (AvgIpc) is 2.69. The molecule has 0 aromatic carbocycles. The number of aryl methyl sites for hydroxylation is 2. The van der Waals surface area contributed by atoms with Gasteiger partial charge in [-0.05, 0) is 18.6 Å². The fourth-order valence-electron chi connectivity index (χ4n) is 1.70. The number of hydrogen-bond donors (Lipinski definition) is 2. The van der Waals surface area contributed by atoms with E-state index >= 15 is 0 Å². The first-order valence-corrected chi connectivity index (χ1v) is 4.96. The minimum Gasteiger partial charge on any atom is -0.271 e. The van der Waals surface area contributed by atoms with Crippen LogP contribution in [-0.4, -0.2) is 20.0 Å². The maximum Gasteiger partial charge on any atom is 0.0912 e. The number of nitrogens with one attached hydrogen (secondary N) is 1. The quantitative estimate of drug-likeness (QED) is 0.563. The Hall–Kier alpha value is -1.79. The summed E-state index contributed by atoms with van der Waals surface area (Å²) in [5.74, 6) is 5.59. The molecule has 2 heterocycles. The van der Waals surface area contributed by atoms with Gasteiger partial charge in [0.2, 0.25) is 0 Å². The van der Waals surface area contributed by atoms with E-state index in [-0.39, 0.29) is 6.04 Å². The molecule has 1 atom stereocenters. The fourth-order valence-corrected chi connectivity index (χ4v) is 1.70. The number of nitrogens with two attached hydrogens (primary N) is 1. The third-order valence-electron chi connectivity index (χ3n) is 2.57. The van der Waals surface area contributed by atoms with Gasteiger partial charge >= 0.3 is 0 Å². The van der Waals surface area contributed by atoms with Crippen LogP contribution in [-0.2, 0) is 7.05 Å². The zero-order chi connectivity index (χ0) is 11.5. The van der Waals surface area contributed by atoms with E-state index in [4.69, 9.17) is 5.84 Å². The number of hydrazine groups is 1. The summed E-state index contributed by atoms with van der Waals surface area (Å²) in [4.78, 5) is 4.24. The first kappa shape index (κ1) is 10.7. The number of nitrogens with zero attached hydrogens (tertiary/aromatic N) is 4. The molecule has 0 bridgehead atoms. The smallest absolute Gasteiger partial charge is 0.0912 e. The lowest BCUT2D eigenvalue weighted by Crippen LogP contribution is -2.31. The van der Waals surface area contributed by atoms with Crippen LogP contribution >= 0.6 is 0 Å². The second kappa shape index (κ2) is 4.38. The summed E-state index contributed by atoms with van der Waals surface area (Å²) in [6.07, 6.45) is 3.45.